The fraction of sp³-hybridized carbons (Fsp3) is 0.481. The molecule has 2 amide bonds. The number of fused-ring (bicyclic) bond motifs is 2. The summed E-state index contributed by atoms with van der Waals surface area (Å²) in [5.41, 5.74) is 8.87. The largest absolute Gasteiger partial charge is 0.366 e. The second-order valence-electron chi connectivity index (χ2n) is 10.0. The van der Waals surface area contributed by atoms with Gasteiger partial charge in [0, 0.05) is 46.9 Å². The molecule has 2 atom stereocenters. The Morgan fingerprint density at radius 2 is 1.76 bits per heavy atom. The van der Waals surface area contributed by atoms with Crippen molar-refractivity contribution in [3.63, 3.8) is 0 Å². The van der Waals surface area contributed by atoms with Crippen LogP contribution in [0.15, 0.2) is 30.5 Å². The Morgan fingerprint density at radius 1 is 1.06 bits per heavy atom. The van der Waals surface area contributed by atoms with Crippen molar-refractivity contribution >= 4 is 23.4 Å². The van der Waals surface area contributed by atoms with Crippen LogP contribution in [0.1, 0.15) is 87.6 Å². The smallest absolute Gasteiger partial charge is 0.251 e. The van der Waals surface area contributed by atoms with Gasteiger partial charge in [0.15, 0.2) is 5.78 Å². The SMILES string of the molecule is CCc1cc(C(=O)NC2CC3CCC(C2)N3c2ccc(C(=O)C3CC3)cn2)c(C)cc1C(N)=O. The van der Waals surface area contributed by atoms with Crippen LogP contribution < -0.4 is 16.0 Å². The van der Waals surface area contributed by atoms with E-state index in [-0.39, 0.29) is 23.7 Å². The van der Waals surface area contributed by atoms with Gasteiger partial charge in [0.1, 0.15) is 5.82 Å². The molecule has 5 rings (SSSR count). The monoisotopic (exact) mass is 460 g/mol. The number of carbonyl (C=O) groups excluding carboxylic acids is 3. The number of nitrogens with one attached hydrogen (secondary N) is 1. The lowest BCUT2D eigenvalue weighted by Crippen LogP contribution is -2.50. The molecular formula is C27H32N4O3. The number of nitrogens with two attached hydrogens (primary N) is 1. The van der Waals surface area contributed by atoms with Crippen molar-refractivity contribution in [3.05, 3.63) is 58.3 Å². The minimum atomic E-state index is -0.464. The van der Waals surface area contributed by atoms with Gasteiger partial charge in [0.25, 0.3) is 5.91 Å². The Kier molecular flexibility index (Phi) is 5.88. The summed E-state index contributed by atoms with van der Waals surface area (Å²) in [6, 6.07) is 8.18. The van der Waals surface area contributed by atoms with Gasteiger partial charge in [0.2, 0.25) is 5.91 Å². The van der Waals surface area contributed by atoms with Gasteiger partial charge >= 0.3 is 0 Å². The van der Waals surface area contributed by atoms with Crippen LogP contribution in [-0.4, -0.2) is 40.7 Å². The zero-order chi connectivity index (χ0) is 24.0. The van der Waals surface area contributed by atoms with Crippen LogP contribution in [0.2, 0.25) is 0 Å². The molecule has 0 radical (unpaired) electrons. The lowest BCUT2D eigenvalue weighted by atomic mass is 9.94. The van der Waals surface area contributed by atoms with Gasteiger partial charge in [-0.05, 0) is 87.3 Å². The predicted molar refractivity (Wildman–Crippen MR) is 130 cm³/mol. The van der Waals surface area contributed by atoms with Crippen molar-refractivity contribution in [1.29, 1.82) is 0 Å². The van der Waals surface area contributed by atoms with Crippen LogP contribution in [0, 0.1) is 12.8 Å². The number of hydrogen-bond acceptors (Lipinski definition) is 5. The number of ketones is 1. The molecule has 1 aromatic carbocycles. The third kappa shape index (κ3) is 4.19. The molecular weight excluding hydrogens is 428 g/mol. The van der Waals surface area contributed by atoms with E-state index in [1.807, 2.05) is 32.0 Å². The first-order valence-electron chi connectivity index (χ1n) is 12.4. The van der Waals surface area contributed by atoms with E-state index in [9.17, 15) is 14.4 Å². The molecule has 3 N–H and O–H groups in total. The number of nitrogens with zero attached hydrogens (tertiary/aromatic N) is 2. The molecule has 2 aliphatic heterocycles. The highest BCUT2D eigenvalue weighted by atomic mass is 16.2. The summed E-state index contributed by atoms with van der Waals surface area (Å²) in [4.78, 5) is 44.2. The molecule has 7 nitrogen and oxygen atoms in total. The standard InChI is InChI=1S/C27H32N4O3/c1-3-16-11-22(15(2)10-23(16)26(28)33)27(34)30-19-12-20-7-8-21(13-19)31(20)24-9-6-18(14-29-24)25(32)17-4-5-17/h6,9-11,14,17,19-21H,3-5,7-8,12-13H2,1-2H3,(H2,28,33)(H,30,34). The highest BCUT2D eigenvalue weighted by Crippen LogP contribution is 2.39. The molecule has 1 aromatic heterocycles. The summed E-state index contributed by atoms with van der Waals surface area (Å²) in [6.45, 7) is 3.80. The maximum Gasteiger partial charge on any atom is 0.251 e. The number of benzene rings is 1. The lowest BCUT2D eigenvalue weighted by molar-refractivity contribution is 0.0923. The number of rotatable bonds is 7. The second kappa shape index (κ2) is 8.85. The van der Waals surface area contributed by atoms with Crippen molar-refractivity contribution in [3.8, 4) is 0 Å². The Labute approximate surface area is 200 Å². The van der Waals surface area contributed by atoms with Crippen LogP contribution in [-0.2, 0) is 6.42 Å². The maximum absolute atomic E-state index is 13.1. The van der Waals surface area contributed by atoms with Crippen LogP contribution in [0.5, 0.6) is 0 Å². The average molecular weight is 461 g/mol. The van der Waals surface area contributed by atoms with Crippen molar-refractivity contribution in [2.24, 2.45) is 11.7 Å². The number of Topliss-reactive ketones (excluding diaryl/α,β-unsaturated/α-hetero) is 1. The number of anilines is 1. The molecule has 2 bridgehead atoms. The Morgan fingerprint density at radius 3 is 2.32 bits per heavy atom. The number of amides is 2. The maximum atomic E-state index is 13.1. The van der Waals surface area contributed by atoms with Crippen LogP contribution in [0.4, 0.5) is 5.82 Å². The van der Waals surface area contributed by atoms with E-state index in [2.05, 4.69) is 15.2 Å². The second-order valence-corrected chi connectivity index (χ2v) is 10.0. The predicted octanol–water partition coefficient (Wildman–Crippen LogP) is 3.57. The number of aryl methyl sites for hydroxylation is 2. The van der Waals surface area contributed by atoms with Gasteiger partial charge in [-0.3, -0.25) is 14.4 Å². The zero-order valence-electron chi connectivity index (χ0n) is 19.8. The summed E-state index contributed by atoms with van der Waals surface area (Å²) in [6.07, 6.45) is 8.25. The molecule has 3 heterocycles. The number of hydrogen-bond donors (Lipinski definition) is 2. The van der Waals surface area contributed by atoms with Crippen molar-refractivity contribution in [2.75, 3.05) is 4.90 Å². The molecule has 7 heteroatoms. The van der Waals surface area contributed by atoms with Gasteiger partial charge in [-0.1, -0.05) is 6.92 Å². The van der Waals surface area contributed by atoms with Gasteiger partial charge < -0.3 is 16.0 Å². The molecule has 1 aliphatic carbocycles. The molecule has 34 heavy (non-hydrogen) atoms. The lowest BCUT2D eigenvalue weighted by Gasteiger charge is -2.40. The quantitative estimate of drug-likeness (QED) is 0.615. The summed E-state index contributed by atoms with van der Waals surface area (Å²) in [5.74, 6) is 0.785. The van der Waals surface area contributed by atoms with E-state index in [0.29, 0.717) is 35.2 Å². The van der Waals surface area contributed by atoms with Gasteiger partial charge in [-0.25, -0.2) is 4.98 Å². The molecule has 3 fully saturated rings. The number of piperidine rings is 1. The molecule has 0 spiro atoms. The fourth-order valence-electron chi connectivity index (χ4n) is 5.72. The van der Waals surface area contributed by atoms with Crippen LogP contribution >= 0.6 is 0 Å². The molecule has 2 aromatic rings. The Bertz CT molecular complexity index is 1130. The highest BCUT2D eigenvalue weighted by Gasteiger charge is 2.42. The summed E-state index contributed by atoms with van der Waals surface area (Å²) < 4.78 is 0. The zero-order valence-corrected chi connectivity index (χ0v) is 19.8. The topological polar surface area (TPSA) is 105 Å². The minimum Gasteiger partial charge on any atom is -0.366 e. The van der Waals surface area contributed by atoms with Crippen molar-refractivity contribution in [2.45, 2.75) is 76.9 Å². The van der Waals surface area contributed by atoms with Gasteiger partial charge in [0.05, 0.1) is 0 Å². The van der Waals surface area contributed by atoms with E-state index < -0.39 is 5.91 Å². The van der Waals surface area contributed by atoms with E-state index >= 15 is 0 Å². The molecule has 1 saturated carbocycles. The van der Waals surface area contributed by atoms with Crippen molar-refractivity contribution in [1.82, 2.24) is 10.3 Å². The minimum absolute atomic E-state index is 0.0947. The number of carbonyl (C=O) groups is 3. The van der Waals surface area contributed by atoms with E-state index in [4.69, 9.17) is 5.73 Å². The summed E-state index contributed by atoms with van der Waals surface area (Å²) >= 11 is 0. The van der Waals surface area contributed by atoms with Gasteiger partial charge in [-0.15, -0.1) is 0 Å². The van der Waals surface area contributed by atoms with Crippen LogP contribution in [0.25, 0.3) is 0 Å². The van der Waals surface area contributed by atoms with Crippen molar-refractivity contribution < 1.29 is 14.4 Å². The molecule has 3 aliphatic rings. The number of primary amides is 1. The van der Waals surface area contributed by atoms with E-state index in [1.54, 1.807) is 12.3 Å². The first-order valence-corrected chi connectivity index (χ1v) is 12.4. The Balaban J connectivity index is 1.27. The average Bonchev–Trinajstić information content (AvgIpc) is 3.63. The van der Waals surface area contributed by atoms with E-state index in [0.717, 1.165) is 55.5 Å². The van der Waals surface area contributed by atoms with Crippen LogP contribution in [0.3, 0.4) is 0 Å². The normalized spacial score (nSPS) is 23.6. The van der Waals surface area contributed by atoms with E-state index in [1.165, 1.54) is 0 Å². The molecule has 178 valence electrons. The first-order chi connectivity index (χ1) is 16.4. The summed E-state index contributed by atoms with van der Waals surface area (Å²) in [5, 5.41) is 3.25. The number of aromatic nitrogens is 1. The first kappa shape index (κ1) is 22.6. The van der Waals surface area contributed by atoms with Gasteiger partial charge in [-0.2, -0.15) is 0 Å². The number of pyridine rings is 1. The summed E-state index contributed by atoms with van der Waals surface area (Å²) in [7, 11) is 0. The molecule has 2 saturated heterocycles. The highest BCUT2D eigenvalue weighted by molar-refractivity contribution is 6.00. The third-order valence-electron chi connectivity index (χ3n) is 7.65. The Hall–Kier alpha value is -3.22. The fourth-order valence-corrected chi connectivity index (χ4v) is 5.72. The molecule has 2 unspecified atom stereocenters. The third-order valence-corrected chi connectivity index (χ3v) is 7.65.